The summed E-state index contributed by atoms with van der Waals surface area (Å²) in [7, 11) is 0. The first-order valence-electron chi connectivity index (χ1n) is 15.8. The number of hydrogen-bond acceptors (Lipinski definition) is 5. The molecule has 0 saturated carbocycles. The number of carbonyl (C=O) groups is 3. The summed E-state index contributed by atoms with van der Waals surface area (Å²) in [4.78, 5) is 51.4. The molecule has 0 radical (unpaired) electrons. The average molecular weight is 629 g/mol. The van der Waals surface area contributed by atoms with Crippen molar-refractivity contribution in [2.75, 3.05) is 26.2 Å². The Morgan fingerprint density at radius 1 is 1.11 bits per heavy atom. The van der Waals surface area contributed by atoms with Crippen molar-refractivity contribution >= 4 is 41.5 Å². The number of halogens is 1. The summed E-state index contributed by atoms with van der Waals surface area (Å²) in [6.07, 6.45) is 7.64. The molecule has 1 aromatic heterocycles. The van der Waals surface area contributed by atoms with Gasteiger partial charge in [0.05, 0.1) is 17.4 Å². The highest BCUT2D eigenvalue weighted by atomic mass is 35.5. The van der Waals surface area contributed by atoms with Crippen molar-refractivity contribution in [2.24, 2.45) is 5.73 Å². The van der Waals surface area contributed by atoms with Crippen molar-refractivity contribution in [2.45, 2.75) is 93.2 Å². The van der Waals surface area contributed by atoms with Gasteiger partial charge in [-0.2, -0.15) is 0 Å². The van der Waals surface area contributed by atoms with Crippen molar-refractivity contribution in [1.82, 2.24) is 25.1 Å². The van der Waals surface area contributed by atoms with Crippen molar-refractivity contribution in [1.29, 1.82) is 0 Å². The van der Waals surface area contributed by atoms with Crippen LogP contribution in [0, 0.1) is 6.92 Å². The molecule has 1 unspecified atom stereocenters. The average Bonchev–Trinajstić information content (AvgIpc) is 3.42. The van der Waals surface area contributed by atoms with Gasteiger partial charge in [0, 0.05) is 55.3 Å². The molecular formula is C34H53ClN6O3. The Hall–Kier alpha value is -3.43. The van der Waals surface area contributed by atoms with Crippen LogP contribution >= 0.6 is 11.6 Å². The molecule has 0 spiro atoms. The monoisotopic (exact) mass is 628 g/mol. The van der Waals surface area contributed by atoms with E-state index < -0.39 is 6.04 Å². The topological polar surface area (TPSA) is 124 Å². The lowest BCUT2D eigenvalue weighted by molar-refractivity contribution is -0.133. The summed E-state index contributed by atoms with van der Waals surface area (Å²) in [5.74, 6) is 0.121. The summed E-state index contributed by atoms with van der Waals surface area (Å²) in [6, 6.07) is 4.44. The van der Waals surface area contributed by atoms with Crippen LogP contribution < -0.4 is 11.1 Å². The fourth-order valence-electron chi connectivity index (χ4n) is 4.84. The van der Waals surface area contributed by atoms with Gasteiger partial charge in [-0.15, -0.1) is 0 Å². The van der Waals surface area contributed by atoms with Crippen molar-refractivity contribution in [3.8, 4) is 0 Å². The predicted octanol–water partition coefficient (Wildman–Crippen LogP) is 6.70. The van der Waals surface area contributed by atoms with Crippen molar-refractivity contribution in [3.63, 3.8) is 0 Å². The zero-order chi connectivity index (χ0) is 33.2. The number of allylic oxidation sites excluding steroid dienone is 1. The Morgan fingerprint density at radius 2 is 1.80 bits per heavy atom. The molecule has 1 aromatic carbocycles. The molecule has 9 nitrogen and oxygen atoms in total. The standard InChI is InChI=1S/C32H47ClN6O3.C2H6/c1-7-11-26-27(16-17-33)36-30(35-26)28(14-15-29(40)39(19-9-3)23(6)21-34)37-31(41)24-12-13-25(22(5)20-24)32(42)38(10-4)18-8-2;1-2/h7,11-13,16-17,20,23,28H,8-10,14-15,18-19,21,34H2,1-6H3,(H,35,36)(H,37,41);1-2H3/b11-7-,17-16+;/t23-,28?;/m1./s1. The third kappa shape index (κ3) is 10.9. The van der Waals surface area contributed by atoms with Crippen LogP contribution in [0.25, 0.3) is 12.2 Å². The van der Waals surface area contributed by atoms with Crippen LogP contribution in [0.2, 0.25) is 0 Å². The molecule has 10 heteroatoms. The number of carbonyl (C=O) groups excluding carboxylic acids is 3. The number of H-pyrrole nitrogens is 1. The van der Waals surface area contributed by atoms with Crippen LogP contribution in [0.5, 0.6) is 0 Å². The molecule has 0 saturated heterocycles. The van der Waals surface area contributed by atoms with E-state index in [1.165, 1.54) is 5.54 Å². The number of aromatic amines is 1. The van der Waals surface area contributed by atoms with E-state index >= 15 is 0 Å². The van der Waals surface area contributed by atoms with E-state index in [-0.39, 0.29) is 30.2 Å². The Kier molecular flexibility index (Phi) is 18.0. The quantitative estimate of drug-likeness (QED) is 0.191. The van der Waals surface area contributed by atoms with Gasteiger partial charge >= 0.3 is 0 Å². The molecular weight excluding hydrogens is 576 g/mol. The summed E-state index contributed by atoms with van der Waals surface area (Å²) < 4.78 is 0. The first-order valence-corrected chi connectivity index (χ1v) is 16.3. The number of aryl methyl sites for hydroxylation is 1. The Balaban J connectivity index is 0.00000474. The number of rotatable bonds is 16. The van der Waals surface area contributed by atoms with Crippen LogP contribution in [0.4, 0.5) is 0 Å². The largest absolute Gasteiger partial charge is 0.342 e. The van der Waals surface area contributed by atoms with Crippen LogP contribution in [-0.2, 0) is 4.79 Å². The van der Waals surface area contributed by atoms with Gasteiger partial charge in [0.25, 0.3) is 11.8 Å². The van der Waals surface area contributed by atoms with E-state index in [0.29, 0.717) is 55.2 Å². The predicted molar refractivity (Wildman–Crippen MR) is 183 cm³/mol. The van der Waals surface area contributed by atoms with Gasteiger partial charge in [-0.05, 0) is 82.9 Å². The molecule has 244 valence electrons. The molecule has 2 rings (SSSR count). The number of amides is 3. The molecule has 3 amide bonds. The molecule has 0 aliphatic heterocycles. The third-order valence-corrected chi connectivity index (χ3v) is 7.28. The van der Waals surface area contributed by atoms with Crippen LogP contribution in [0.3, 0.4) is 0 Å². The lowest BCUT2D eigenvalue weighted by atomic mass is 10.0. The Labute approximate surface area is 269 Å². The summed E-state index contributed by atoms with van der Waals surface area (Å²) >= 11 is 5.85. The highest BCUT2D eigenvalue weighted by Crippen LogP contribution is 2.23. The van der Waals surface area contributed by atoms with E-state index in [4.69, 9.17) is 17.3 Å². The van der Waals surface area contributed by atoms with Gasteiger partial charge in [0.2, 0.25) is 5.91 Å². The molecule has 2 aromatic rings. The van der Waals surface area contributed by atoms with E-state index in [0.717, 1.165) is 24.1 Å². The molecule has 2 atom stereocenters. The minimum absolute atomic E-state index is 0.0265. The second-order valence-corrected chi connectivity index (χ2v) is 10.6. The van der Waals surface area contributed by atoms with Gasteiger partial charge in [-0.25, -0.2) is 4.98 Å². The molecule has 1 heterocycles. The van der Waals surface area contributed by atoms with Gasteiger partial charge in [-0.1, -0.05) is 45.4 Å². The zero-order valence-corrected chi connectivity index (χ0v) is 28.6. The fourth-order valence-corrected chi connectivity index (χ4v) is 4.96. The van der Waals surface area contributed by atoms with Crippen molar-refractivity contribution < 1.29 is 14.4 Å². The number of hydrogen-bond donors (Lipinski definition) is 3. The van der Waals surface area contributed by atoms with Crippen LogP contribution in [0.15, 0.2) is 29.8 Å². The number of nitrogens with two attached hydrogens (primary N) is 1. The number of aromatic nitrogens is 2. The zero-order valence-electron chi connectivity index (χ0n) is 27.9. The second-order valence-electron chi connectivity index (χ2n) is 10.4. The van der Waals surface area contributed by atoms with E-state index in [1.54, 1.807) is 34.1 Å². The van der Waals surface area contributed by atoms with E-state index in [1.807, 2.05) is 67.5 Å². The van der Waals surface area contributed by atoms with Gasteiger partial charge in [0.15, 0.2) is 0 Å². The first kappa shape index (κ1) is 38.6. The highest BCUT2D eigenvalue weighted by Gasteiger charge is 2.25. The smallest absolute Gasteiger partial charge is 0.254 e. The summed E-state index contributed by atoms with van der Waals surface area (Å²) in [6.45, 7) is 18.0. The molecule has 44 heavy (non-hydrogen) atoms. The lowest BCUT2D eigenvalue weighted by Gasteiger charge is -2.29. The Morgan fingerprint density at radius 3 is 2.34 bits per heavy atom. The SMILES string of the molecule is C/C=C\c1[nH]c(C(CCC(=O)N(CCC)[C@H](C)CN)NC(=O)c2ccc(C(=O)N(CC)CCC)c(C)c2)nc1/C=C/Cl.CC. The minimum Gasteiger partial charge on any atom is -0.342 e. The Bertz CT molecular complexity index is 1230. The molecule has 0 fully saturated rings. The van der Waals surface area contributed by atoms with E-state index in [9.17, 15) is 14.4 Å². The van der Waals surface area contributed by atoms with E-state index in [2.05, 4.69) is 15.3 Å². The van der Waals surface area contributed by atoms with Gasteiger partial charge < -0.3 is 25.8 Å². The highest BCUT2D eigenvalue weighted by molar-refractivity contribution is 6.27. The molecule has 0 bridgehead atoms. The fraction of sp³-hybridized carbons (Fsp3) is 0.529. The van der Waals surface area contributed by atoms with Gasteiger partial charge in [0.1, 0.15) is 5.82 Å². The molecule has 4 N–H and O–H groups in total. The minimum atomic E-state index is -0.582. The third-order valence-electron chi connectivity index (χ3n) is 7.16. The lowest BCUT2D eigenvalue weighted by Crippen LogP contribution is -2.43. The maximum Gasteiger partial charge on any atom is 0.254 e. The summed E-state index contributed by atoms with van der Waals surface area (Å²) in [5, 5.41) is 3.07. The second kappa shape index (κ2) is 20.5. The molecule has 0 aliphatic carbocycles. The molecule has 0 aliphatic rings. The normalized spacial score (nSPS) is 12.5. The van der Waals surface area contributed by atoms with Crippen LogP contribution in [-0.4, -0.2) is 69.7 Å². The van der Waals surface area contributed by atoms with Gasteiger partial charge in [-0.3, -0.25) is 14.4 Å². The van der Waals surface area contributed by atoms with Crippen molar-refractivity contribution in [3.05, 3.63) is 63.7 Å². The number of imidazole rings is 1. The number of nitrogens with one attached hydrogen (secondary N) is 2. The number of benzene rings is 1. The number of nitrogens with zero attached hydrogens (tertiary/aromatic N) is 3. The van der Waals surface area contributed by atoms with Crippen LogP contribution in [0.1, 0.15) is 124 Å². The first-order chi connectivity index (χ1) is 21.1. The summed E-state index contributed by atoms with van der Waals surface area (Å²) in [5.41, 5.74) is 10.3. The maximum absolute atomic E-state index is 13.5. The maximum atomic E-state index is 13.5.